The molecule has 18 rings (SSSR count). The van der Waals surface area contributed by atoms with Crippen molar-refractivity contribution in [1.82, 2.24) is 0 Å². The molecule has 0 aromatic heterocycles. The lowest BCUT2D eigenvalue weighted by atomic mass is 9.67. The molecule has 0 bridgehead atoms. The molecule has 8 heteroatoms. The zero-order valence-corrected chi connectivity index (χ0v) is 59.3. The van der Waals surface area contributed by atoms with Gasteiger partial charge in [-0.3, -0.25) is 0 Å². The molecule has 0 radical (unpaired) electrons. The number of benzene rings is 14. The fourth-order valence-electron chi connectivity index (χ4n) is 16.8. The van der Waals surface area contributed by atoms with Crippen molar-refractivity contribution < 1.29 is 27.7 Å². The van der Waals surface area contributed by atoms with Gasteiger partial charge in [0.05, 0.1) is 72.7 Å². The Balaban J connectivity index is 0.724. The molecule has 2 saturated heterocycles. The second kappa shape index (κ2) is 27.3. The first-order valence-electron chi connectivity index (χ1n) is 36.9. The van der Waals surface area contributed by atoms with Crippen molar-refractivity contribution in [2.45, 2.75) is 37.5 Å². The zero-order chi connectivity index (χ0) is 71.4. The summed E-state index contributed by atoms with van der Waals surface area (Å²) in [7, 11) is 0. The van der Waals surface area contributed by atoms with E-state index < -0.39 is 10.8 Å². The summed E-state index contributed by atoms with van der Waals surface area (Å²) in [5.41, 5.74) is 22.2. The fraction of sp³-hybridized carbons (Fsp3) is 0.143. The van der Waals surface area contributed by atoms with Crippen LogP contribution in [0.2, 0.25) is 0 Å². The van der Waals surface area contributed by atoms with Gasteiger partial charge >= 0.3 is 0 Å². The summed E-state index contributed by atoms with van der Waals surface area (Å²) < 4.78 is 58.3. The number of para-hydroxylation sites is 2. The lowest BCUT2D eigenvalue weighted by Gasteiger charge is -2.40. The van der Waals surface area contributed by atoms with E-state index in [2.05, 4.69) is 305 Å². The normalized spacial score (nSPS) is 16.8. The number of nitrogens with zero attached hydrogens (tertiary/aromatic N) is 2. The monoisotopic (exact) mass is 1380 g/mol. The summed E-state index contributed by atoms with van der Waals surface area (Å²) in [6.07, 6.45) is 1.97. The van der Waals surface area contributed by atoms with E-state index >= 15 is 8.78 Å². The fourth-order valence-corrected chi connectivity index (χ4v) is 16.8. The van der Waals surface area contributed by atoms with E-state index in [0.29, 0.717) is 51.0 Å². The SMILES string of the molecule is CCC1(COc2ccc(C3(c4ccccc4)c4cc(-c5ccccc5)ccc4-c4ccc(N(c5ccc(-c6ccc(N(c7ccc8c(c7)C(c7ccccc7)(c7ccc(OCC9(CC)COC9)cc7)c7cc(-c9ccccc9)ccc7-8)c7ccccc7F)cc6)cc5)c5ccccc5F)cc43)cc2)COC1. The Hall–Kier alpha value is -11.9. The number of hydrogen-bond acceptors (Lipinski definition) is 6. The molecule has 2 atom stereocenters. The van der Waals surface area contributed by atoms with Crippen molar-refractivity contribution in [3.63, 3.8) is 0 Å². The van der Waals surface area contributed by atoms with Crippen LogP contribution >= 0.6 is 0 Å². The first kappa shape index (κ1) is 66.0. The van der Waals surface area contributed by atoms with Crippen LogP contribution in [-0.2, 0) is 20.3 Å². The molecule has 2 aliphatic carbocycles. The van der Waals surface area contributed by atoms with Gasteiger partial charge in [-0.2, -0.15) is 0 Å². The molecule has 4 aliphatic rings. The Kier molecular flexibility index (Phi) is 17.0. The van der Waals surface area contributed by atoms with Crippen LogP contribution in [-0.4, -0.2) is 39.6 Å². The quantitative estimate of drug-likeness (QED) is 0.0714. The topological polar surface area (TPSA) is 43.4 Å². The first-order chi connectivity index (χ1) is 52.2. The van der Waals surface area contributed by atoms with Gasteiger partial charge in [-0.25, -0.2) is 8.78 Å². The Morgan fingerprint density at radius 2 is 0.585 bits per heavy atom. The summed E-state index contributed by atoms with van der Waals surface area (Å²) in [5.74, 6) is 0.916. The van der Waals surface area contributed by atoms with Gasteiger partial charge in [0.15, 0.2) is 0 Å². The van der Waals surface area contributed by atoms with Crippen molar-refractivity contribution in [3.8, 4) is 67.1 Å². The van der Waals surface area contributed by atoms with Crippen LogP contribution in [0, 0.1) is 22.5 Å². The molecule has 0 N–H and O–H groups in total. The lowest BCUT2D eigenvalue weighted by Crippen LogP contribution is -2.46. The zero-order valence-electron chi connectivity index (χ0n) is 59.3. The highest BCUT2D eigenvalue weighted by atomic mass is 19.1. The molecule has 0 saturated carbocycles. The van der Waals surface area contributed by atoms with E-state index in [4.69, 9.17) is 18.9 Å². The van der Waals surface area contributed by atoms with Gasteiger partial charge < -0.3 is 28.7 Å². The number of anilines is 6. The van der Waals surface area contributed by atoms with Crippen LogP contribution in [0.4, 0.5) is 42.9 Å². The van der Waals surface area contributed by atoms with E-state index in [1.165, 1.54) is 12.1 Å². The average molecular weight is 1390 g/mol. The van der Waals surface area contributed by atoms with Gasteiger partial charge in [-0.15, -0.1) is 0 Å². The smallest absolute Gasteiger partial charge is 0.147 e. The van der Waals surface area contributed by atoms with E-state index in [9.17, 15) is 0 Å². The maximum Gasteiger partial charge on any atom is 0.147 e. The number of hydrogen-bond donors (Lipinski definition) is 0. The van der Waals surface area contributed by atoms with Crippen LogP contribution in [0.5, 0.6) is 11.5 Å². The number of fused-ring (bicyclic) bond motifs is 6. The van der Waals surface area contributed by atoms with Gasteiger partial charge in [0.25, 0.3) is 0 Å². The highest BCUT2D eigenvalue weighted by Crippen LogP contribution is 2.61. The van der Waals surface area contributed by atoms with Crippen molar-refractivity contribution in [1.29, 1.82) is 0 Å². The summed E-state index contributed by atoms with van der Waals surface area (Å²) in [6.45, 7) is 8.40. The molecule has 14 aromatic carbocycles. The number of halogens is 2. The maximum absolute atomic E-state index is 16.9. The molecule has 2 fully saturated rings. The van der Waals surface area contributed by atoms with E-state index in [0.717, 1.165) is 147 Å². The van der Waals surface area contributed by atoms with Crippen molar-refractivity contribution >= 4 is 34.1 Å². The average Bonchev–Trinajstić information content (AvgIpc) is 1.52. The van der Waals surface area contributed by atoms with Crippen LogP contribution in [0.15, 0.2) is 340 Å². The Bertz CT molecular complexity index is 5180. The van der Waals surface area contributed by atoms with Gasteiger partial charge in [-0.1, -0.05) is 244 Å². The van der Waals surface area contributed by atoms with Crippen molar-refractivity contribution in [2.24, 2.45) is 10.8 Å². The second-order valence-corrected chi connectivity index (χ2v) is 28.9. The van der Waals surface area contributed by atoms with Crippen LogP contribution in [0.1, 0.15) is 71.2 Å². The molecule has 106 heavy (non-hydrogen) atoms. The summed E-state index contributed by atoms with van der Waals surface area (Å²) in [4.78, 5) is 4.07. The van der Waals surface area contributed by atoms with Gasteiger partial charge in [0, 0.05) is 22.7 Å². The van der Waals surface area contributed by atoms with E-state index in [1.807, 2.05) is 34.1 Å². The van der Waals surface area contributed by atoms with Gasteiger partial charge in [0.1, 0.15) is 23.1 Å². The molecule has 0 amide bonds. The maximum atomic E-state index is 16.9. The molecular formula is C98H78F2N2O4. The Labute approximate surface area is 619 Å². The van der Waals surface area contributed by atoms with Crippen LogP contribution < -0.4 is 19.3 Å². The molecule has 6 nitrogen and oxygen atoms in total. The second-order valence-electron chi connectivity index (χ2n) is 28.9. The molecule has 2 heterocycles. The van der Waals surface area contributed by atoms with Crippen molar-refractivity contribution in [3.05, 3.63) is 396 Å². The first-order valence-corrected chi connectivity index (χ1v) is 36.9. The summed E-state index contributed by atoms with van der Waals surface area (Å²) in [6, 6.07) is 118. The minimum absolute atomic E-state index is 0.0212. The van der Waals surface area contributed by atoms with Gasteiger partial charge in [-0.05, 0) is 222 Å². The van der Waals surface area contributed by atoms with Crippen molar-refractivity contribution in [2.75, 3.05) is 49.4 Å². The molecule has 2 unspecified atom stereocenters. The Morgan fingerprint density at radius 1 is 0.292 bits per heavy atom. The van der Waals surface area contributed by atoms with E-state index in [-0.39, 0.29) is 22.5 Å². The largest absolute Gasteiger partial charge is 0.493 e. The minimum Gasteiger partial charge on any atom is -0.493 e. The minimum atomic E-state index is -0.810. The predicted molar refractivity (Wildman–Crippen MR) is 425 cm³/mol. The molecule has 2 aliphatic heterocycles. The Morgan fingerprint density at radius 3 is 0.925 bits per heavy atom. The highest BCUT2D eigenvalue weighted by Gasteiger charge is 2.49. The highest BCUT2D eigenvalue weighted by molar-refractivity contribution is 5.94. The standard InChI is InChI=1S/C98H78F2N2O4/c1-3-95(61-103-62-95)65-105-81-49-39-75(40-50-81)97(73-25-13-7-14-26-73)87-57-71(67-21-9-5-10-22-67)37-53-83(87)85-55-47-79(59-89(85)97)101(93-31-19-17-29-91(93)99)77-43-33-69(34-44-77)70-35-45-78(46-36-70)102(94-32-20-18-30-92(94)100)80-48-56-86-84-54-38-72(68-23-11-6-12-24-68)58-88(84)98(90(86)60-80,74-27-15-8-16-28-74)76-41-51-82(52-42-76)106-66-96(4-2)63-104-64-96/h5-60H,3-4,61-66H2,1-2H3. The summed E-state index contributed by atoms with van der Waals surface area (Å²) >= 11 is 0. The van der Waals surface area contributed by atoms with Crippen LogP contribution in [0.3, 0.4) is 0 Å². The van der Waals surface area contributed by atoms with Gasteiger partial charge in [0.2, 0.25) is 0 Å². The molecule has 14 aromatic rings. The third kappa shape index (κ3) is 11.3. The third-order valence-corrected chi connectivity index (χ3v) is 23.0. The molecule has 0 spiro atoms. The predicted octanol–water partition coefficient (Wildman–Crippen LogP) is 24.2. The molecule has 518 valence electrons. The van der Waals surface area contributed by atoms with E-state index in [1.54, 1.807) is 12.1 Å². The third-order valence-electron chi connectivity index (χ3n) is 23.0. The number of rotatable bonds is 21. The summed E-state index contributed by atoms with van der Waals surface area (Å²) in [5, 5.41) is 0. The lowest BCUT2D eigenvalue weighted by molar-refractivity contribution is -0.133. The van der Waals surface area contributed by atoms with Crippen LogP contribution in [0.25, 0.3) is 55.6 Å². The molecular weight excluding hydrogens is 1310 g/mol. The number of ether oxygens (including phenoxy) is 4.